The third kappa shape index (κ3) is 4.09. The molecule has 2 aromatic heterocycles. The molecule has 9 heteroatoms. The molecule has 29 heavy (non-hydrogen) atoms. The van der Waals surface area contributed by atoms with Crippen molar-refractivity contribution in [3.05, 3.63) is 69.1 Å². The molecule has 1 atom stereocenters. The van der Waals surface area contributed by atoms with E-state index in [1.807, 2.05) is 13.0 Å². The third-order valence-electron chi connectivity index (χ3n) is 4.79. The van der Waals surface area contributed by atoms with Crippen LogP contribution in [0.15, 0.2) is 52.1 Å². The number of rotatable bonds is 6. The number of fused-ring (bicyclic) bond motifs is 2. The molecule has 0 saturated carbocycles. The van der Waals surface area contributed by atoms with Gasteiger partial charge >= 0.3 is 5.69 Å². The lowest BCUT2D eigenvalue weighted by Gasteiger charge is -2.17. The minimum Gasteiger partial charge on any atom is -0.321 e. The summed E-state index contributed by atoms with van der Waals surface area (Å²) < 4.78 is 0. The third-order valence-corrected chi connectivity index (χ3v) is 4.79. The summed E-state index contributed by atoms with van der Waals surface area (Å²) in [6.45, 7) is 3.30. The summed E-state index contributed by atoms with van der Waals surface area (Å²) in [7, 11) is 0. The summed E-state index contributed by atoms with van der Waals surface area (Å²) in [5.41, 5.74) is 2.08. The van der Waals surface area contributed by atoms with Crippen LogP contribution in [0.5, 0.6) is 0 Å². The van der Waals surface area contributed by atoms with E-state index in [1.165, 1.54) is 0 Å². The summed E-state index contributed by atoms with van der Waals surface area (Å²) >= 11 is 0. The minimum absolute atomic E-state index is 0.165. The second-order valence-corrected chi connectivity index (χ2v) is 6.87. The monoisotopic (exact) mass is 393 g/mol. The molecule has 0 aliphatic heterocycles. The van der Waals surface area contributed by atoms with E-state index in [0.29, 0.717) is 46.5 Å². The van der Waals surface area contributed by atoms with Crippen LogP contribution in [0.2, 0.25) is 0 Å². The number of hydrogen-bond donors (Lipinski definition) is 5. The number of aromatic amines is 3. The predicted molar refractivity (Wildman–Crippen MR) is 110 cm³/mol. The number of hydrogen-bond acceptors (Lipinski definition) is 4. The number of likely N-dealkylation sites (N-methyl/N-ethyl adjacent to an activating group) is 1. The Labute approximate surface area is 164 Å². The number of benzene rings is 2. The van der Waals surface area contributed by atoms with Crippen molar-refractivity contribution >= 4 is 33.5 Å². The van der Waals surface area contributed by atoms with Gasteiger partial charge in [-0.1, -0.05) is 12.1 Å². The first-order chi connectivity index (χ1) is 14.0. The van der Waals surface area contributed by atoms with Crippen LogP contribution in [0.25, 0.3) is 21.9 Å². The first kappa shape index (κ1) is 18.6. The highest BCUT2D eigenvalue weighted by atomic mass is 16.2. The van der Waals surface area contributed by atoms with Crippen molar-refractivity contribution in [2.24, 2.45) is 0 Å². The van der Waals surface area contributed by atoms with Gasteiger partial charge in [-0.2, -0.15) is 0 Å². The van der Waals surface area contributed by atoms with E-state index < -0.39 is 0 Å². The lowest BCUT2D eigenvalue weighted by atomic mass is 10.2. The van der Waals surface area contributed by atoms with Crippen LogP contribution in [0.3, 0.4) is 0 Å². The minimum atomic E-state index is -0.290. The Morgan fingerprint density at radius 3 is 2.69 bits per heavy atom. The molecule has 4 aromatic rings. The zero-order valence-corrected chi connectivity index (χ0v) is 15.8. The molecule has 1 unspecified atom stereocenters. The fraction of sp³-hybridized carbons (Fsp3) is 0.200. The molecule has 9 nitrogen and oxygen atoms in total. The zero-order chi connectivity index (χ0) is 20.4. The maximum absolute atomic E-state index is 12.5. The number of nitrogens with one attached hydrogen (secondary N) is 5. The number of aromatic nitrogens is 4. The molecule has 4 rings (SSSR count). The smallest absolute Gasteiger partial charge is 0.321 e. The van der Waals surface area contributed by atoms with Crippen LogP contribution >= 0.6 is 0 Å². The highest BCUT2D eigenvalue weighted by Crippen LogP contribution is 2.14. The standard InChI is InChI=1S/C20H20N6O3/c1-2-26(10-17-22-14-6-4-3-5-13(14)19(28)25-17)11-18(27)21-12-7-8-15-16(9-12)24-20(29)23-15/h3-9H,2,10-11H2,1H3,(H,21,27)(H,22,25,28)(H2,23,24,29)/p+1. The number of imidazole rings is 1. The average molecular weight is 393 g/mol. The van der Waals surface area contributed by atoms with Crippen LogP contribution < -0.4 is 21.5 Å². The molecule has 0 aliphatic carbocycles. The van der Waals surface area contributed by atoms with Crippen molar-refractivity contribution in [3.8, 4) is 0 Å². The normalized spacial score (nSPS) is 12.3. The Kier molecular flexibility index (Phi) is 4.96. The van der Waals surface area contributed by atoms with Crippen molar-refractivity contribution < 1.29 is 9.69 Å². The van der Waals surface area contributed by atoms with E-state index in [9.17, 15) is 14.4 Å². The van der Waals surface area contributed by atoms with Gasteiger partial charge in [0.25, 0.3) is 11.5 Å². The van der Waals surface area contributed by atoms with Crippen molar-refractivity contribution in [2.75, 3.05) is 18.4 Å². The number of quaternary nitrogens is 1. The maximum atomic E-state index is 12.5. The predicted octanol–water partition coefficient (Wildman–Crippen LogP) is 0.136. The van der Waals surface area contributed by atoms with Gasteiger partial charge in [0.05, 0.1) is 28.5 Å². The number of carbonyl (C=O) groups excluding carboxylic acids is 1. The van der Waals surface area contributed by atoms with Gasteiger partial charge in [-0.25, -0.2) is 9.78 Å². The van der Waals surface area contributed by atoms with E-state index in [1.54, 1.807) is 36.4 Å². The molecular weight excluding hydrogens is 372 g/mol. The molecule has 0 spiro atoms. The SMILES string of the molecule is CC[NH+](CC(=O)Nc1ccc2[nH]c(=O)[nH]c2c1)Cc1nc2ccccc2c(=O)[nH]1. The summed E-state index contributed by atoms with van der Waals surface area (Å²) in [6.07, 6.45) is 0. The Morgan fingerprint density at radius 2 is 1.86 bits per heavy atom. The molecule has 0 saturated heterocycles. The second-order valence-electron chi connectivity index (χ2n) is 6.87. The fourth-order valence-corrected chi connectivity index (χ4v) is 3.31. The number of H-pyrrole nitrogens is 3. The van der Waals surface area contributed by atoms with E-state index >= 15 is 0 Å². The van der Waals surface area contributed by atoms with Crippen LogP contribution in [0.1, 0.15) is 12.7 Å². The quantitative estimate of drug-likeness (QED) is 0.319. The van der Waals surface area contributed by atoms with Gasteiger partial charge in [-0.15, -0.1) is 0 Å². The molecule has 2 heterocycles. The summed E-state index contributed by atoms with van der Waals surface area (Å²) in [5.74, 6) is 0.381. The summed E-state index contributed by atoms with van der Waals surface area (Å²) in [4.78, 5) is 49.7. The van der Waals surface area contributed by atoms with E-state index in [2.05, 4.69) is 25.3 Å². The van der Waals surface area contributed by atoms with E-state index in [-0.39, 0.29) is 23.7 Å². The topological polar surface area (TPSA) is 128 Å². The molecule has 5 N–H and O–H groups in total. The first-order valence-corrected chi connectivity index (χ1v) is 9.35. The molecular formula is C20H21N6O3+. The molecule has 1 amide bonds. The van der Waals surface area contributed by atoms with Gasteiger partial charge in [-0.3, -0.25) is 9.59 Å². The zero-order valence-electron chi connectivity index (χ0n) is 15.8. The average Bonchev–Trinajstić information content (AvgIpc) is 3.06. The number of amides is 1. The number of para-hydroxylation sites is 1. The second kappa shape index (κ2) is 7.72. The first-order valence-electron chi connectivity index (χ1n) is 9.35. The van der Waals surface area contributed by atoms with Gasteiger partial charge in [0, 0.05) is 5.69 Å². The van der Waals surface area contributed by atoms with Crippen LogP contribution in [0, 0.1) is 0 Å². The molecule has 0 aliphatic rings. The Morgan fingerprint density at radius 1 is 1.07 bits per heavy atom. The van der Waals surface area contributed by atoms with Crippen LogP contribution in [-0.2, 0) is 11.3 Å². The molecule has 2 aromatic carbocycles. The number of anilines is 1. The van der Waals surface area contributed by atoms with Crippen molar-refractivity contribution in [2.45, 2.75) is 13.5 Å². The fourth-order valence-electron chi connectivity index (χ4n) is 3.31. The van der Waals surface area contributed by atoms with Gasteiger partial charge in [-0.05, 0) is 37.3 Å². The lowest BCUT2D eigenvalue weighted by Crippen LogP contribution is -3.11. The number of carbonyl (C=O) groups is 1. The molecule has 0 radical (unpaired) electrons. The Balaban J connectivity index is 1.46. The van der Waals surface area contributed by atoms with Gasteiger partial charge in [0.15, 0.2) is 12.4 Å². The van der Waals surface area contributed by atoms with Crippen molar-refractivity contribution in [1.82, 2.24) is 19.9 Å². The molecule has 0 bridgehead atoms. The highest BCUT2D eigenvalue weighted by molar-refractivity contribution is 5.93. The van der Waals surface area contributed by atoms with E-state index in [0.717, 1.165) is 4.90 Å². The number of nitrogens with zero attached hydrogens (tertiary/aromatic N) is 1. The Hall–Kier alpha value is -3.72. The van der Waals surface area contributed by atoms with Gasteiger partial charge in [0.2, 0.25) is 0 Å². The summed E-state index contributed by atoms with van der Waals surface area (Å²) in [5, 5.41) is 3.39. The van der Waals surface area contributed by atoms with E-state index in [4.69, 9.17) is 0 Å². The Bertz CT molecular complexity index is 1300. The summed E-state index contributed by atoms with van der Waals surface area (Å²) in [6, 6.07) is 12.3. The largest absolute Gasteiger partial charge is 0.323 e. The molecule has 148 valence electrons. The van der Waals surface area contributed by atoms with Gasteiger partial charge in [0.1, 0.15) is 6.54 Å². The maximum Gasteiger partial charge on any atom is 0.323 e. The van der Waals surface area contributed by atoms with Crippen molar-refractivity contribution in [3.63, 3.8) is 0 Å². The van der Waals surface area contributed by atoms with Crippen LogP contribution in [-0.4, -0.2) is 38.9 Å². The van der Waals surface area contributed by atoms with Gasteiger partial charge < -0.3 is 25.2 Å². The van der Waals surface area contributed by atoms with Crippen molar-refractivity contribution in [1.29, 1.82) is 0 Å². The lowest BCUT2D eigenvalue weighted by molar-refractivity contribution is -0.904. The van der Waals surface area contributed by atoms with Crippen LogP contribution in [0.4, 0.5) is 5.69 Å². The molecule has 0 fully saturated rings. The highest BCUT2D eigenvalue weighted by Gasteiger charge is 2.16.